The fourth-order valence-electron chi connectivity index (χ4n) is 4.05. The van der Waals surface area contributed by atoms with Crippen molar-refractivity contribution in [3.05, 3.63) is 76.6 Å². The van der Waals surface area contributed by atoms with Crippen molar-refractivity contribution in [1.82, 2.24) is 15.2 Å². The van der Waals surface area contributed by atoms with Gasteiger partial charge in [0, 0.05) is 56.5 Å². The van der Waals surface area contributed by atoms with Crippen LogP contribution in [0.5, 0.6) is 17.2 Å². The Hall–Kier alpha value is -3.66. The molecule has 0 spiro atoms. The molecule has 0 bridgehead atoms. The molecule has 0 aliphatic carbocycles. The molecular formula is C29H33ClN4O5. The Bertz CT molecular complexity index is 1280. The van der Waals surface area contributed by atoms with Gasteiger partial charge in [-0.25, -0.2) is 0 Å². The van der Waals surface area contributed by atoms with Crippen LogP contribution in [0.4, 0.5) is 5.69 Å². The van der Waals surface area contributed by atoms with Crippen molar-refractivity contribution < 1.29 is 23.8 Å². The standard InChI is InChI=1S/C29H33ClN4O5/c1-20-17-25(27(19-24(20)30)38-16-13-34-11-14-37-15-12-34)33-28(35)8-5-21-3-6-22(7-4-21)39-23-9-10-32-26(18-23)29(36)31-2/h3-4,6-7,9-10,17-19H,5,8,11-16H2,1-2H3,(H,31,36)(H,33,35). The van der Waals surface area contributed by atoms with E-state index in [1.807, 2.05) is 37.3 Å². The van der Waals surface area contributed by atoms with Crippen molar-refractivity contribution >= 4 is 29.1 Å². The number of rotatable bonds is 11. The van der Waals surface area contributed by atoms with E-state index in [1.54, 1.807) is 25.2 Å². The topological polar surface area (TPSA) is 102 Å². The number of morpholine rings is 1. The summed E-state index contributed by atoms with van der Waals surface area (Å²) in [5, 5.41) is 6.11. The van der Waals surface area contributed by atoms with Crippen molar-refractivity contribution in [3.63, 3.8) is 0 Å². The second-order valence-electron chi connectivity index (χ2n) is 9.15. The molecule has 2 amide bonds. The Morgan fingerprint density at radius 2 is 1.85 bits per heavy atom. The Morgan fingerprint density at radius 1 is 1.08 bits per heavy atom. The minimum absolute atomic E-state index is 0.117. The van der Waals surface area contributed by atoms with Gasteiger partial charge in [0.15, 0.2) is 0 Å². The van der Waals surface area contributed by atoms with Gasteiger partial charge in [0.2, 0.25) is 5.91 Å². The third kappa shape index (κ3) is 8.41. The van der Waals surface area contributed by atoms with Crippen LogP contribution in [0.15, 0.2) is 54.7 Å². The second-order valence-corrected chi connectivity index (χ2v) is 9.56. The first-order chi connectivity index (χ1) is 18.9. The number of carbonyl (C=O) groups is 2. The van der Waals surface area contributed by atoms with E-state index < -0.39 is 0 Å². The Balaban J connectivity index is 1.29. The molecular weight excluding hydrogens is 520 g/mol. The van der Waals surface area contributed by atoms with Gasteiger partial charge in [0.1, 0.15) is 29.5 Å². The summed E-state index contributed by atoms with van der Waals surface area (Å²) in [6.07, 6.45) is 2.38. The van der Waals surface area contributed by atoms with Crippen molar-refractivity contribution in [1.29, 1.82) is 0 Å². The smallest absolute Gasteiger partial charge is 0.269 e. The van der Waals surface area contributed by atoms with Crippen molar-refractivity contribution in [2.75, 3.05) is 51.8 Å². The van der Waals surface area contributed by atoms with Crippen LogP contribution in [0.1, 0.15) is 28.0 Å². The van der Waals surface area contributed by atoms with E-state index in [9.17, 15) is 9.59 Å². The predicted octanol–water partition coefficient (Wildman–Crippen LogP) is 4.48. The van der Waals surface area contributed by atoms with E-state index in [-0.39, 0.29) is 17.5 Å². The molecule has 1 aliphatic rings. The van der Waals surface area contributed by atoms with Gasteiger partial charge in [-0.1, -0.05) is 23.7 Å². The van der Waals surface area contributed by atoms with E-state index in [4.69, 9.17) is 25.8 Å². The quantitative estimate of drug-likeness (QED) is 0.362. The fourth-order valence-corrected chi connectivity index (χ4v) is 4.20. The third-order valence-electron chi connectivity index (χ3n) is 6.29. The highest BCUT2D eigenvalue weighted by molar-refractivity contribution is 6.31. The summed E-state index contributed by atoms with van der Waals surface area (Å²) in [5.41, 5.74) is 2.74. The average Bonchev–Trinajstić information content (AvgIpc) is 2.95. The summed E-state index contributed by atoms with van der Waals surface area (Å²) in [6, 6.07) is 14.3. The van der Waals surface area contributed by atoms with Crippen LogP contribution in [0.25, 0.3) is 0 Å². The zero-order valence-electron chi connectivity index (χ0n) is 22.2. The molecule has 1 fully saturated rings. The number of aromatic nitrogens is 1. The van der Waals surface area contributed by atoms with Crippen molar-refractivity contribution in [2.24, 2.45) is 0 Å². The average molecular weight is 553 g/mol. The number of anilines is 1. The van der Waals surface area contributed by atoms with Gasteiger partial charge in [-0.3, -0.25) is 19.5 Å². The van der Waals surface area contributed by atoms with Gasteiger partial charge in [-0.2, -0.15) is 0 Å². The number of carbonyl (C=O) groups excluding carboxylic acids is 2. The normalized spacial score (nSPS) is 13.5. The van der Waals surface area contributed by atoms with E-state index in [1.165, 1.54) is 6.20 Å². The Morgan fingerprint density at radius 3 is 2.59 bits per heavy atom. The molecule has 0 radical (unpaired) electrons. The van der Waals surface area contributed by atoms with Gasteiger partial charge in [-0.05, 0) is 48.7 Å². The number of ether oxygens (including phenoxy) is 3. The van der Waals surface area contributed by atoms with Gasteiger partial charge in [-0.15, -0.1) is 0 Å². The zero-order chi connectivity index (χ0) is 27.6. The first-order valence-electron chi connectivity index (χ1n) is 12.9. The van der Waals surface area contributed by atoms with Crippen molar-refractivity contribution in [3.8, 4) is 17.2 Å². The fraction of sp³-hybridized carbons (Fsp3) is 0.345. The maximum atomic E-state index is 12.8. The van der Waals surface area contributed by atoms with Crippen LogP contribution in [-0.4, -0.2) is 68.2 Å². The Kier molecular flexibility index (Phi) is 10.1. The second kappa shape index (κ2) is 13.9. The highest BCUT2D eigenvalue weighted by Crippen LogP contribution is 2.31. The summed E-state index contributed by atoms with van der Waals surface area (Å²) >= 11 is 6.33. The summed E-state index contributed by atoms with van der Waals surface area (Å²) in [5.74, 6) is 1.29. The molecule has 206 valence electrons. The molecule has 0 atom stereocenters. The summed E-state index contributed by atoms with van der Waals surface area (Å²) < 4.78 is 17.2. The van der Waals surface area contributed by atoms with Crippen LogP contribution in [-0.2, 0) is 16.0 Å². The highest BCUT2D eigenvalue weighted by atomic mass is 35.5. The maximum Gasteiger partial charge on any atom is 0.269 e. The highest BCUT2D eigenvalue weighted by Gasteiger charge is 2.14. The Labute approximate surface area is 233 Å². The summed E-state index contributed by atoms with van der Waals surface area (Å²) in [6.45, 7) is 6.40. The molecule has 2 N–H and O–H groups in total. The first-order valence-corrected chi connectivity index (χ1v) is 13.3. The molecule has 39 heavy (non-hydrogen) atoms. The molecule has 1 aromatic heterocycles. The molecule has 1 saturated heterocycles. The number of amides is 2. The van der Waals surface area contributed by atoms with Crippen LogP contribution in [0, 0.1) is 6.92 Å². The third-order valence-corrected chi connectivity index (χ3v) is 6.70. The SMILES string of the molecule is CNC(=O)c1cc(Oc2ccc(CCC(=O)Nc3cc(C)c(Cl)cc3OCCN3CCOCC3)cc2)ccn1. The molecule has 3 aromatic rings. The van der Waals surface area contributed by atoms with Crippen LogP contribution in [0.2, 0.25) is 5.02 Å². The number of benzene rings is 2. The van der Waals surface area contributed by atoms with E-state index in [2.05, 4.69) is 20.5 Å². The van der Waals surface area contributed by atoms with E-state index in [0.717, 1.165) is 44.0 Å². The lowest BCUT2D eigenvalue weighted by atomic mass is 10.1. The lowest BCUT2D eigenvalue weighted by Crippen LogP contribution is -2.38. The maximum absolute atomic E-state index is 12.8. The minimum atomic E-state index is -0.283. The number of hydrogen-bond acceptors (Lipinski definition) is 7. The zero-order valence-corrected chi connectivity index (χ0v) is 22.9. The van der Waals surface area contributed by atoms with Crippen LogP contribution in [0.3, 0.4) is 0 Å². The van der Waals surface area contributed by atoms with E-state index in [0.29, 0.717) is 47.4 Å². The van der Waals surface area contributed by atoms with Crippen LogP contribution >= 0.6 is 11.6 Å². The molecule has 1 aliphatic heterocycles. The van der Waals surface area contributed by atoms with Gasteiger partial charge in [0.25, 0.3) is 5.91 Å². The van der Waals surface area contributed by atoms with E-state index >= 15 is 0 Å². The van der Waals surface area contributed by atoms with Gasteiger partial charge < -0.3 is 24.8 Å². The molecule has 2 aromatic carbocycles. The summed E-state index contributed by atoms with van der Waals surface area (Å²) in [4.78, 5) is 30.9. The van der Waals surface area contributed by atoms with Gasteiger partial charge >= 0.3 is 0 Å². The minimum Gasteiger partial charge on any atom is -0.490 e. The largest absolute Gasteiger partial charge is 0.490 e. The number of nitrogens with zero attached hydrogens (tertiary/aromatic N) is 2. The lowest BCUT2D eigenvalue weighted by molar-refractivity contribution is -0.116. The molecule has 2 heterocycles. The number of pyridine rings is 1. The molecule has 9 nitrogen and oxygen atoms in total. The number of nitrogens with one attached hydrogen (secondary N) is 2. The molecule has 10 heteroatoms. The lowest BCUT2D eigenvalue weighted by Gasteiger charge is -2.26. The van der Waals surface area contributed by atoms with Crippen molar-refractivity contribution in [2.45, 2.75) is 19.8 Å². The van der Waals surface area contributed by atoms with Crippen LogP contribution < -0.4 is 20.1 Å². The first kappa shape index (κ1) is 28.4. The summed E-state index contributed by atoms with van der Waals surface area (Å²) in [7, 11) is 1.55. The number of aryl methyl sites for hydroxylation is 2. The number of hydrogen-bond donors (Lipinski definition) is 2. The molecule has 4 rings (SSSR count). The molecule has 0 saturated carbocycles. The number of halogens is 1. The van der Waals surface area contributed by atoms with Gasteiger partial charge in [0.05, 0.1) is 18.9 Å². The predicted molar refractivity (Wildman–Crippen MR) is 150 cm³/mol. The monoisotopic (exact) mass is 552 g/mol. The molecule has 0 unspecified atom stereocenters.